The highest BCUT2D eigenvalue weighted by Gasteiger charge is 2.25. The Morgan fingerprint density at radius 1 is 0.708 bits per heavy atom. The maximum Gasteiger partial charge on any atom is 0.700 e. The van der Waals surface area contributed by atoms with Crippen molar-refractivity contribution >= 4 is 8.25 Å². The second-order valence-electron chi connectivity index (χ2n) is 6.21. The third kappa shape index (κ3) is 14.2. The van der Waals surface area contributed by atoms with Gasteiger partial charge in [0.1, 0.15) is 0 Å². The zero-order valence-corrected chi connectivity index (χ0v) is 15.8. The smallest absolute Gasteiger partial charge is 0.392 e. The Bertz CT molecular complexity index is 293. The maximum atomic E-state index is 11.8. The van der Waals surface area contributed by atoms with Crippen LogP contribution in [-0.2, 0) is 13.6 Å². The number of aliphatic hydroxyl groups excluding tert-OH is 4. The monoisotopic (exact) mass is 371 g/mol. The van der Waals surface area contributed by atoms with E-state index in [2.05, 4.69) is 0 Å². The lowest BCUT2D eigenvalue weighted by molar-refractivity contribution is 0.0166. The molecule has 0 aromatic heterocycles. The van der Waals surface area contributed by atoms with Gasteiger partial charge in [-0.05, 0) is 27.7 Å². The fraction of sp³-hybridized carbons (Fsp3) is 1.00. The summed E-state index contributed by atoms with van der Waals surface area (Å²) in [6, 6.07) is 0. The van der Waals surface area contributed by atoms with E-state index < -0.39 is 32.7 Å². The van der Waals surface area contributed by atoms with Crippen LogP contribution < -0.4 is 0 Å². The predicted octanol–water partition coefficient (Wildman–Crippen LogP) is -0.281. The van der Waals surface area contributed by atoms with Gasteiger partial charge in [-0.1, -0.05) is 0 Å². The molecule has 0 aromatic carbocycles. The first-order valence-corrected chi connectivity index (χ1v) is 9.09. The van der Waals surface area contributed by atoms with Gasteiger partial charge < -0.3 is 20.4 Å². The molecule has 0 saturated heterocycles. The van der Waals surface area contributed by atoms with E-state index in [0.717, 1.165) is 0 Å². The standard InChI is InChI=1S/C14H32N2O7P/c1-11(17)5-15(6-12(2)18)9-22-24(21)23-10-16(7-13(3)19)8-14(4)20/h11-14,17-20H,5-10H2,1-4H3/q+1. The van der Waals surface area contributed by atoms with Crippen molar-refractivity contribution in [1.29, 1.82) is 0 Å². The van der Waals surface area contributed by atoms with Crippen molar-refractivity contribution in [3.63, 3.8) is 0 Å². The predicted molar refractivity (Wildman–Crippen MR) is 89.4 cm³/mol. The van der Waals surface area contributed by atoms with Gasteiger partial charge in [-0.2, -0.15) is 0 Å². The van der Waals surface area contributed by atoms with Crippen LogP contribution in [0.2, 0.25) is 0 Å². The third-order valence-corrected chi connectivity index (χ3v) is 3.43. The Morgan fingerprint density at radius 3 is 1.17 bits per heavy atom. The van der Waals surface area contributed by atoms with E-state index in [1.54, 1.807) is 37.5 Å². The average molecular weight is 371 g/mol. The molecule has 9 nitrogen and oxygen atoms in total. The summed E-state index contributed by atoms with van der Waals surface area (Å²) in [5, 5.41) is 37.6. The van der Waals surface area contributed by atoms with Gasteiger partial charge in [0.15, 0.2) is 13.5 Å². The highest BCUT2D eigenvalue weighted by atomic mass is 31.1. The molecule has 0 fully saturated rings. The van der Waals surface area contributed by atoms with E-state index >= 15 is 0 Å². The first-order chi connectivity index (χ1) is 11.1. The van der Waals surface area contributed by atoms with Crippen LogP contribution in [0.15, 0.2) is 0 Å². The highest BCUT2D eigenvalue weighted by Crippen LogP contribution is 2.24. The van der Waals surface area contributed by atoms with Gasteiger partial charge in [0.25, 0.3) is 0 Å². The first kappa shape index (κ1) is 23.8. The molecule has 0 aliphatic heterocycles. The Hall–Kier alpha value is -0.220. The van der Waals surface area contributed by atoms with E-state index in [-0.39, 0.29) is 39.6 Å². The number of aliphatic hydroxyl groups is 4. The Kier molecular flexibility index (Phi) is 12.9. The molecular weight excluding hydrogens is 339 g/mol. The summed E-state index contributed by atoms with van der Waals surface area (Å²) in [5.41, 5.74) is 0. The molecule has 0 aromatic rings. The van der Waals surface area contributed by atoms with Crippen LogP contribution in [0.5, 0.6) is 0 Å². The molecule has 0 heterocycles. The van der Waals surface area contributed by atoms with Gasteiger partial charge in [0.05, 0.1) is 24.4 Å². The van der Waals surface area contributed by atoms with Gasteiger partial charge in [0.2, 0.25) is 0 Å². The lowest BCUT2D eigenvalue weighted by Crippen LogP contribution is -2.38. The lowest BCUT2D eigenvalue weighted by Gasteiger charge is -2.23. The van der Waals surface area contributed by atoms with Crippen molar-refractivity contribution in [3.8, 4) is 0 Å². The highest BCUT2D eigenvalue weighted by molar-refractivity contribution is 7.33. The first-order valence-electron chi connectivity index (χ1n) is 8.00. The number of nitrogens with zero attached hydrogens (tertiary/aromatic N) is 2. The summed E-state index contributed by atoms with van der Waals surface area (Å²) in [6.07, 6.45) is -2.45. The number of hydrogen-bond acceptors (Lipinski definition) is 9. The largest absolute Gasteiger partial charge is 0.700 e. The van der Waals surface area contributed by atoms with Gasteiger partial charge in [-0.3, -0.25) is 9.80 Å². The zero-order valence-electron chi connectivity index (χ0n) is 14.9. The molecule has 144 valence electrons. The van der Waals surface area contributed by atoms with Crippen LogP contribution in [0.3, 0.4) is 0 Å². The molecular formula is C14H32N2O7P+. The summed E-state index contributed by atoms with van der Waals surface area (Å²) in [4.78, 5) is 3.24. The molecule has 0 rings (SSSR count). The van der Waals surface area contributed by atoms with Gasteiger partial charge >= 0.3 is 8.25 Å². The molecule has 0 spiro atoms. The molecule has 0 aliphatic rings. The third-order valence-electron chi connectivity index (χ3n) is 2.78. The zero-order chi connectivity index (χ0) is 18.7. The fourth-order valence-electron chi connectivity index (χ4n) is 2.15. The van der Waals surface area contributed by atoms with Crippen LogP contribution in [0.4, 0.5) is 0 Å². The Morgan fingerprint density at radius 2 is 0.958 bits per heavy atom. The van der Waals surface area contributed by atoms with Crippen LogP contribution in [0, 0.1) is 0 Å². The molecule has 0 saturated carbocycles. The fourth-order valence-corrected chi connectivity index (χ4v) is 2.74. The molecule has 0 bridgehead atoms. The van der Waals surface area contributed by atoms with Crippen molar-refractivity contribution in [2.75, 3.05) is 39.6 Å². The summed E-state index contributed by atoms with van der Waals surface area (Å²) in [7, 11) is -2.41. The average Bonchev–Trinajstić information content (AvgIpc) is 2.39. The Balaban J connectivity index is 4.28. The van der Waals surface area contributed by atoms with Gasteiger partial charge in [-0.15, -0.1) is 9.05 Å². The van der Waals surface area contributed by atoms with E-state index in [1.165, 1.54) is 0 Å². The SMILES string of the molecule is CC(O)CN(CO[P+](=O)OCN(CC(C)O)CC(C)O)CC(C)O. The van der Waals surface area contributed by atoms with Crippen LogP contribution in [0.25, 0.3) is 0 Å². The van der Waals surface area contributed by atoms with Crippen molar-refractivity contribution < 1.29 is 34.0 Å². The lowest BCUT2D eigenvalue weighted by atomic mass is 10.3. The molecule has 24 heavy (non-hydrogen) atoms. The quantitative estimate of drug-likeness (QED) is 0.241. The molecule has 10 heteroatoms. The van der Waals surface area contributed by atoms with Crippen molar-refractivity contribution in [3.05, 3.63) is 0 Å². The molecule has 4 atom stereocenters. The van der Waals surface area contributed by atoms with E-state index in [0.29, 0.717) is 0 Å². The van der Waals surface area contributed by atoms with Crippen LogP contribution >= 0.6 is 8.25 Å². The van der Waals surface area contributed by atoms with Crippen LogP contribution in [-0.4, -0.2) is 94.3 Å². The maximum absolute atomic E-state index is 11.8. The molecule has 0 aliphatic carbocycles. The second kappa shape index (κ2) is 13.0. The minimum absolute atomic E-state index is 0.0577. The van der Waals surface area contributed by atoms with Crippen molar-refractivity contribution in [1.82, 2.24) is 9.80 Å². The molecule has 4 unspecified atom stereocenters. The minimum Gasteiger partial charge on any atom is -0.392 e. The minimum atomic E-state index is -2.41. The van der Waals surface area contributed by atoms with E-state index in [1.807, 2.05) is 0 Å². The van der Waals surface area contributed by atoms with Crippen molar-refractivity contribution in [2.45, 2.75) is 52.1 Å². The summed E-state index contributed by atoms with van der Waals surface area (Å²) in [5.74, 6) is 0. The molecule has 0 radical (unpaired) electrons. The van der Waals surface area contributed by atoms with Crippen molar-refractivity contribution in [2.24, 2.45) is 0 Å². The van der Waals surface area contributed by atoms with E-state index in [9.17, 15) is 25.0 Å². The second-order valence-corrected chi connectivity index (χ2v) is 7.17. The summed E-state index contributed by atoms with van der Waals surface area (Å²) in [6.45, 7) is 7.38. The van der Waals surface area contributed by atoms with Gasteiger partial charge in [0, 0.05) is 30.7 Å². The van der Waals surface area contributed by atoms with Crippen LogP contribution in [0.1, 0.15) is 27.7 Å². The number of hydrogen-bond donors (Lipinski definition) is 4. The summed E-state index contributed by atoms with van der Waals surface area (Å²) < 4.78 is 22.0. The molecule has 0 amide bonds. The Labute approximate surface area is 144 Å². The van der Waals surface area contributed by atoms with Gasteiger partial charge in [-0.25, -0.2) is 0 Å². The normalized spacial score (nSPS) is 17.8. The summed E-state index contributed by atoms with van der Waals surface area (Å²) >= 11 is 0. The topological polar surface area (TPSA) is 123 Å². The number of rotatable bonds is 14. The van der Waals surface area contributed by atoms with E-state index in [4.69, 9.17) is 9.05 Å². The molecule has 4 N–H and O–H groups in total.